The zero-order chi connectivity index (χ0) is 27.2. The zero-order valence-corrected chi connectivity index (χ0v) is 22.8. The fraction of sp³-hybridized carbons (Fsp3) is 0.793. The van der Waals surface area contributed by atoms with Crippen molar-refractivity contribution in [2.75, 3.05) is 19.7 Å². The van der Waals surface area contributed by atoms with Gasteiger partial charge in [-0.1, -0.05) is 19.4 Å². The van der Waals surface area contributed by atoms with E-state index in [1.54, 1.807) is 11.0 Å². The number of nitrogens with zero attached hydrogens (tertiary/aromatic N) is 1. The Morgan fingerprint density at radius 3 is 2.46 bits per heavy atom. The Labute approximate surface area is 219 Å². The quantitative estimate of drug-likeness (QED) is 0.475. The molecule has 0 bridgehead atoms. The Morgan fingerprint density at radius 2 is 1.78 bits per heavy atom. The highest BCUT2D eigenvalue weighted by Gasteiger charge is 2.68. The minimum Gasteiger partial charge on any atom is -0.458 e. The van der Waals surface area contributed by atoms with Crippen LogP contribution in [0.4, 0.5) is 0 Å². The van der Waals surface area contributed by atoms with Crippen LogP contribution in [0.2, 0.25) is 0 Å². The van der Waals surface area contributed by atoms with Crippen LogP contribution in [0.5, 0.6) is 0 Å². The summed E-state index contributed by atoms with van der Waals surface area (Å²) >= 11 is 0. The molecule has 0 spiro atoms. The molecule has 0 heterocycles. The number of aliphatic hydroxyl groups is 2. The summed E-state index contributed by atoms with van der Waals surface area (Å²) in [5, 5.41) is 23.2. The minimum atomic E-state index is -1.68. The minimum absolute atomic E-state index is 0.00250. The zero-order valence-electron chi connectivity index (χ0n) is 22.8. The van der Waals surface area contributed by atoms with Crippen molar-refractivity contribution in [2.45, 2.75) is 97.2 Å². The van der Waals surface area contributed by atoms with Gasteiger partial charge >= 0.3 is 5.97 Å². The van der Waals surface area contributed by atoms with E-state index in [9.17, 15) is 29.4 Å². The van der Waals surface area contributed by atoms with Gasteiger partial charge in [0.25, 0.3) is 0 Å². The lowest BCUT2D eigenvalue weighted by atomic mass is 9.45. The third kappa shape index (κ3) is 4.58. The van der Waals surface area contributed by atoms with E-state index in [1.807, 2.05) is 20.8 Å². The van der Waals surface area contributed by atoms with Crippen molar-refractivity contribution in [1.82, 2.24) is 4.90 Å². The molecular weight excluding hydrogens is 474 g/mol. The molecule has 8 nitrogen and oxygen atoms in total. The van der Waals surface area contributed by atoms with Crippen molar-refractivity contribution in [3.63, 3.8) is 0 Å². The molecule has 8 heteroatoms. The van der Waals surface area contributed by atoms with Crippen molar-refractivity contribution in [2.24, 2.45) is 28.6 Å². The van der Waals surface area contributed by atoms with E-state index in [2.05, 4.69) is 6.92 Å². The van der Waals surface area contributed by atoms with E-state index in [4.69, 9.17) is 4.74 Å². The first-order valence-corrected chi connectivity index (χ1v) is 14.0. The Balaban J connectivity index is 1.43. The molecule has 0 aliphatic heterocycles. The Hall–Kier alpha value is -2.06. The largest absolute Gasteiger partial charge is 0.458 e. The molecule has 4 aliphatic rings. The number of hydrogen-bond acceptors (Lipinski definition) is 7. The maximum absolute atomic E-state index is 13.3. The van der Waals surface area contributed by atoms with Gasteiger partial charge in [-0.2, -0.15) is 0 Å². The second-order valence-corrected chi connectivity index (χ2v) is 12.1. The SMILES string of the molecule is CCN(CC)C(=O)CCC(=O)OCC(=O)[C@@]1(O)CC[C@H]2[C@@H]3CCC4=CC(=O)CC[C@]4(C)[C@H]3[C@@H](O)C[C@@]21C. The number of rotatable bonds is 8. The number of amides is 1. The molecule has 0 saturated heterocycles. The maximum Gasteiger partial charge on any atom is 0.306 e. The third-order valence-corrected chi connectivity index (χ3v) is 10.5. The lowest BCUT2D eigenvalue weighted by Gasteiger charge is -2.60. The van der Waals surface area contributed by atoms with Gasteiger partial charge in [0, 0.05) is 31.3 Å². The van der Waals surface area contributed by atoms with E-state index in [1.165, 1.54) is 0 Å². The number of allylic oxidation sites excluding steroid dienone is 1. The maximum atomic E-state index is 13.3. The van der Waals surface area contributed by atoms with Gasteiger partial charge in [-0.3, -0.25) is 19.2 Å². The summed E-state index contributed by atoms with van der Waals surface area (Å²) in [4.78, 5) is 51.5. The summed E-state index contributed by atoms with van der Waals surface area (Å²) < 4.78 is 5.21. The standard InChI is InChI=1S/C29H43NO7/c1-5-30(6-2)24(34)9-10-25(35)37-17-23(33)29(36)14-12-21-20-8-7-18-15-19(31)11-13-27(18,3)26(20)22(32)16-28(21,29)4/h15,20-22,26,32,36H,5-14,16-17H2,1-4H3/t20-,21-,22-,26+,27-,28-,29-/m0/s1. The van der Waals surface area contributed by atoms with E-state index in [0.29, 0.717) is 32.4 Å². The molecule has 3 fully saturated rings. The average molecular weight is 518 g/mol. The van der Waals surface area contributed by atoms with E-state index >= 15 is 0 Å². The molecule has 3 saturated carbocycles. The van der Waals surface area contributed by atoms with Gasteiger partial charge in [0.05, 0.1) is 12.5 Å². The second-order valence-electron chi connectivity index (χ2n) is 12.1. The van der Waals surface area contributed by atoms with Crippen LogP contribution < -0.4 is 0 Å². The molecule has 4 rings (SSSR count). The van der Waals surface area contributed by atoms with E-state index in [0.717, 1.165) is 24.8 Å². The van der Waals surface area contributed by atoms with Crippen molar-refractivity contribution < 1.29 is 34.1 Å². The number of hydrogen-bond donors (Lipinski definition) is 2. The number of carbonyl (C=O) groups is 4. The predicted molar refractivity (Wildman–Crippen MR) is 136 cm³/mol. The van der Waals surface area contributed by atoms with Gasteiger partial charge in [0.1, 0.15) is 5.60 Å². The molecule has 0 aromatic rings. The highest BCUT2D eigenvalue weighted by atomic mass is 16.5. The summed E-state index contributed by atoms with van der Waals surface area (Å²) in [7, 11) is 0. The molecule has 4 aliphatic carbocycles. The van der Waals surface area contributed by atoms with Crippen LogP contribution in [0, 0.1) is 28.6 Å². The van der Waals surface area contributed by atoms with Crippen molar-refractivity contribution in [1.29, 1.82) is 0 Å². The number of Topliss-reactive ketones (excluding diaryl/α,β-unsaturated/α-hetero) is 1. The molecule has 0 aromatic carbocycles. The summed E-state index contributed by atoms with van der Waals surface area (Å²) in [6, 6.07) is 0. The summed E-state index contributed by atoms with van der Waals surface area (Å²) in [5.41, 5.74) is -1.60. The summed E-state index contributed by atoms with van der Waals surface area (Å²) in [6.07, 6.45) is 5.11. The van der Waals surface area contributed by atoms with Gasteiger partial charge < -0.3 is 19.8 Å². The molecule has 7 atom stereocenters. The Kier molecular flexibility index (Phi) is 7.75. The van der Waals surface area contributed by atoms with Gasteiger partial charge in [-0.25, -0.2) is 0 Å². The number of esters is 1. The van der Waals surface area contributed by atoms with Gasteiger partial charge in [0.15, 0.2) is 12.4 Å². The monoisotopic (exact) mass is 517 g/mol. The van der Waals surface area contributed by atoms with Crippen LogP contribution in [-0.2, 0) is 23.9 Å². The summed E-state index contributed by atoms with van der Waals surface area (Å²) in [6.45, 7) is 8.43. The average Bonchev–Trinajstić information content (AvgIpc) is 3.13. The summed E-state index contributed by atoms with van der Waals surface area (Å²) in [5.74, 6) is -0.922. The third-order valence-electron chi connectivity index (χ3n) is 10.5. The highest BCUT2D eigenvalue weighted by molar-refractivity contribution is 5.92. The first kappa shape index (κ1) is 28.0. The van der Waals surface area contributed by atoms with Gasteiger partial charge in [-0.05, 0) is 81.6 Å². The Morgan fingerprint density at radius 1 is 1.08 bits per heavy atom. The molecule has 0 radical (unpaired) electrons. The lowest BCUT2D eigenvalue weighted by molar-refractivity contribution is -0.184. The Bertz CT molecular complexity index is 987. The normalized spacial score (nSPS) is 38.6. The molecule has 1 amide bonds. The first-order chi connectivity index (χ1) is 17.4. The first-order valence-electron chi connectivity index (χ1n) is 14.0. The molecule has 0 aromatic heterocycles. The van der Waals surface area contributed by atoms with Crippen LogP contribution in [0.1, 0.15) is 85.5 Å². The van der Waals surface area contributed by atoms with E-state index < -0.39 is 35.5 Å². The van der Waals surface area contributed by atoms with Crippen LogP contribution >= 0.6 is 0 Å². The van der Waals surface area contributed by atoms with Crippen LogP contribution in [0.25, 0.3) is 0 Å². The molecule has 2 N–H and O–H groups in total. The predicted octanol–water partition coefficient (Wildman–Crippen LogP) is 2.98. The van der Waals surface area contributed by atoms with Crippen LogP contribution in [0.3, 0.4) is 0 Å². The molecule has 0 unspecified atom stereocenters. The fourth-order valence-corrected chi connectivity index (χ4v) is 8.43. The van der Waals surface area contributed by atoms with Crippen molar-refractivity contribution in [3.05, 3.63) is 11.6 Å². The van der Waals surface area contributed by atoms with Gasteiger partial charge in [0.2, 0.25) is 11.7 Å². The molecule has 37 heavy (non-hydrogen) atoms. The number of aliphatic hydroxyl groups excluding tert-OH is 1. The number of ether oxygens (including phenoxy) is 1. The van der Waals surface area contributed by atoms with Crippen molar-refractivity contribution >= 4 is 23.4 Å². The van der Waals surface area contributed by atoms with E-state index in [-0.39, 0.29) is 54.1 Å². The van der Waals surface area contributed by atoms with Crippen molar-refractivity contribution in [3.8, 4) is 0 Å². The second kappa shape index (κ2) is 10.3. The lowest BCUT2D eigenvalue weighted by Crippen LogP contribution is -2.62. The molecule has 206 valence electrons. The van der Waals surface area contributed by atoms with Gasteiger partial charge in [-0.15, -0.1) is 0 Å². The highest BCUT2D eigenvalue weighted by Crippen LogP contribution is 2.67. The number of fused-ring (bicyclic) bond motifs is 5. The number of ketones is 2. The topological polar surface area (TPSA) is 121 Å². The van der Waals surface area contributed by atoms with Crippen LogP contribution in [0.15, 0.2) is 11.6 Å². The van der Waals surface area contributed by atoms with Crippen LogP contribution in [-0.4, -0.2) is 70.0 Å². The smallest absolute Gasteiger partial charge is 0.306 e. The molecular formula is C29H43NO7. The number of carbonyl (C=O) groups excluding carboxylic acids is 4. The fourth-order valence-electron chi connectivity index (χ4n) is 8.43.